The molecule has 0 aliphatic carbocycles. The molecule has 0 saturated carbocycles. The maximum atomic E-state index is 9.06. The fourth-order valence-corrected chi connectivity index (χ4v) is 1.26. The quantitative estimate of drug-likeness (QED) is 0.730. The summed E-state index contributed by atoms with van der Waals surface area (Å²) in [5.41, 5.74) is 0.672. The van der Waals surface area contributed by atoms with Gasteiger partial charge in [0.05, 0.1) is 11.8 Å². The summed E-state index contributed by atoms with van der Waals surface area (Å²) in [6.45, 7) is 0. The molecule has 4 heteroatoms. The highest BCUT2D eigenvalue weighted by Gasteiger charge is 2.16. The zero-order valence-corrected chi connectivity index (χ0v) is 7.91. The van der Waals surface area contributed by atoms with E-state index in [4.69, 9.17) is 5.26 Å². The van der Waals surface area contributed by atoms with Gasteiger partial charge in [0, 0.05) is 18.6 Å². The Morgan fingerprint density at radius 1 is 1.00 bits per heavy atom. The Morgan fingerprint density at radius 2 is 1.73 bits per heavy atom. The monoisotopic (exact) mass is 196 g/mol. The lowest BCUT2D eigenvalue weighted by Crippen LogP contribution is -2.04. The van der Waals surface area contributed by atoms with Crippen LogP contribution in [0.25, 0.3) is 0 Å². The summed E-state index contributed by atoms with van der Waals surface area (Å²) >= 11 is 0. The average Bonchev–Trinajstić information content (AvgIpc) is 2.33. The van der Waals surface area contributed by atoms with Gasteiger partial charge < -0.3 is 0 Å². The second kappa shape index (κ2) is 4.29. The lowest BCUT2D eigenvalue weighted by molar-refractivity contribution is 0.858. The summed E-state index contributed by atoms with van der Waals surface area (Å²) in [5, 5.41) is 9.06. The molecule has 15 heavy (non-hydrogen) atoms. The van der Waals surface area contributed by atoms with Gasteiger partial charge in [-0.2, -0.15) is 5.26 Å². The van der Waals surface area contributed by atoms with Crippen molar-refractivity contribution in [3.63, 3.8) is 0 Å². The molecule has 0 amide bonds. The third-order valence-corrected chi connectivity index (χ3v) is 1.96. The van der Waals surface area contributed by atoms with Gasteiger partial charge in [-0.15, -0.1) is 0 Å². The van der Waals surface area contributed by atoms with E-state index < -0.39 is 5.92 Å². The summed E-state index contributed by atoms with van der Waals surface area (Å²) in [6.07, 6.45) is 4.90. The summed E-state index contributed by atoms with van der Waals surface area (Å²) in [6, 6.07) is 9.31. The Balaban J connectivity index is 2.39. The first-order valence-corrected chi connectivity index (χ1v) is 4.49. The van der Waals surface area contributed by atoms with Gasteiger partial charge in [-0.05, 0) is 18.2 Å². The van der Waals surface area contributed by atoms with Gasteiger partial charge in [-0.25, -0.2) is 9.97 Å². The van der Waals surface area contributed by atoms with Crippen molar-refractivity contribution in [2.75, 3.05) is 0 Å². The second-order valence-electron chi connectivity index (χ2n) is 2.92. The van der Waals surface area contributed by atoms with E-state index >= 15 is 0 Å². The predicted molar refractivity (Wildman–Crippen MR) is 53.7 cm³/mol. The van der Waals surface area contributed by atoms with Crippen LogP contribution >= 0.6 is 0 Å². The van der Waals surface area contributed by atoms with Crippen molar-refractivity contribution in [3.8, 4) is 6.07 Å². The van der Waals surface area contributed by atoms with Crippen molar-refractivity contribution in [2.24, 2.45) is 0 Å². The topological polar surface area (TPSA) is 62.5 Å². The summed E-state index contributed by atoms with van der Waals surface area (Å²) in [5.74, 6) is -0.00824. The van der Waals surface area contributed by atoms with E-state index in [-0.39, 0.29) is 0 Å². The van der Waals surface area contributed by atoms with E-state index in [1.807, 2.05) is 12.1 Å². The first-order valence-electron chi connectivity index (χ1n) is 4.49. The Hall–Kier alpha value is -2.28. The molecule has 0 bridgehead atoms. The van der Waals surface area contributed by atoms with Gasteiger partial charge in [0.2, 0.25) is 0 Å². The first-order chi connectivity index (χ1) is 7.42. The Morgan fingerprint density at radius 3 is 2.33 bits per heavy atom. The molecule has 1 atom stereocenters. The molecule has 0 fully saturated rings. The van der Waals surface area contributed by atoms with Crippen molar-refractivity contribution >= 4 is 0 Å². The van der Waals surface area contributed by atoms with Crippen LogP contribution in [0, 0.1) is 11.3 Å². The summed E-state index contributed by atoms with van der Waals surface area (Å²) in [7, 11) is 0. The maximum Gasteiger partial charge on any atom is 0.151 e. The van der Waals surface area contributed by atoms with Crippen molar-refractivity contribution < 1.29 is 0 Å². The van der Waals surface area contributed by atoms with Gasteiger partial charge in [0.1, 0.15) is 5.92 Å². The molecule has 2 heterocycles. The van der Waals surface area contributed by atoms with Gasteiger partial charge in [0.15, 0.2) is 5.82 Å². The average molecular weight is 196 g/mol. The molecule has 1 unspecified atom stereocenters. The van der Waals surface area contributed by atoms with Crippen LogP contribution in [0.3, 0.4) is 0 Å². The van der Waals surface area contributed by atoms with Crippen LogP contribution in [0.4, 0.5) is 0 Å². The largest absolute Gasteiger partial charge is 0.259 e. The minimum atomic E-state index is -0.493. The highest BCUT2D eigenvalue weighted by atomic mass is 14.9. The molecule has 0 N–H and O–H groups in total. The highest BCUT2D eigenvalue weighted by Crippen LogP contribution is 2.17. The number of pyridine rings is 1. The molecular formula is C11H8N4. The minimum absolute atomic E-state index is 0.485. The van der Waals surface area contributed by atoms with Gasteiger partial charge >= 0.3 is 0 Å². The van der Waals surface area contributed by atoms with Crippen LogP contribution in [0.2, 0.25) is 0 Å². The van der Waals surface area contributed by atoms with Crippen LogP contribution in [0.1, 0.15) is 17.4 Å². The van der Waals surface area contributed by atoms with Gasteiger partial charge in [0.25, 0.3) is 0 Å². The standard InChI is InChI=1S/C11H8N4/c12-8-9(10-4-1-2-5-13-10)11-14-6-3-7-15-11/h1-7,9H. The van der Waals surface area contributed by atoms with Crippen LogP contribution in [-0.2, 0) is 0 Å². The number of hydrogen-bond donors (Lipinski definition) is 0. The minimum Gasteiger partial charge on any atom is -0.259 e. The molecule has 2 aromatic rings. The second-order valence-corrected chi connectivity index (χ2v) is 2.92. The highest BCUT2D eigenvalue weighted by molar-refractivity contribution is 5.25. The van der Waals surface area contributed by atoms with E-state index in [1.54, 1.807) is 30.7 Å². The number of aromatic nitrogens is 3. The van der Waals surface area contributed by atoms with E-state index in [2.05, 4.69) is 21.0 Å². The summed E-state index contributed by atoms with van der Waals surface area (Å²) < 4.78 is 0. The molecule has 72 valence electrons. The van der Waals surface area contributed by atoms with Crippen molar-refractivity contribution in [2.45, 2.75) is 5.92 Å². The smallest absolute Gasteiger partial charge is 0.151 e. The zero-order chi connectivity index (χ0) is 10.5. The zero-order valence-electron chi connectivity index (χ0n) is 7.91. The van der Waals surface area contributed by atoms with Crippen LogP contribution in [-0.4, -0.2) is 15.0 Å². The van der Waals surface area contributed by atoms with E-state index in [1.165, 1.54) is 0 Å². The molecule has 0 aliphatic rings. The summed E-state index contributed by atoms with van der Waals surface area (Å²) in [4.78, 5) is 12.2. The third-order valence-electron chi connectivity index (χ3n) is 1.96. The van der Waals surface area contributed by atoms with Crippen molar-refractivity contribution in [1.82, 2.24) is 15.0 Å². The number of nitrogens with zero attached hydrogens (tertiary/aromatic N) is 4. The molecule has 0 spiro atoms. The van der Waals surface area contributed by atoms with E-state index in [0.29, 0.717) is 11.5 Å². The van der Waals surface area contributed by atoms with Crippen LogP contribution in [0.15, 0.2) is 42.9 Å². The van der Waals surface area contributed by atoms with E-state index in [9.17, 15) is 0 Å². The van der Waals surface area contributed by atoms with Gasteiger partial charge in [-0.3, -0.25) is 4.98 Å². The SMILES string of the molecule is N#CC(c1ccccn1)c1ncccn1. The van der Waals surface area contributed by atoms with Crippen LogP contribution < -0.4 is 0 Å². The molecule has 4 nitrogen and oxygen atoms in total. The molecule has 0 aliphatic heterocycles. The van der Waals surface area contributed by atoms with Crippen LogP contribution in [0.5, 0.6) is 0 Å². The normalized spacial score (nSPS) is 11.7. The van der Waals surface area contributed by atoms with Crippen molar-refractivity contribution in [3.05, 3.63) is 54.4 Å². The Bertz CT molecular complexity index is 421. The van der Waals surface area contributed by atoms with E-state index in [0.717, 1.165) is 0 Å². The molecule has 2 rings (SSSR count). The number of rotatable bonds is 2. The number of hydrogen-bond acceptors (Lipinski definition) is 4. The fourth-order valence-electron chi connectivity index (χ4n) is 1.26. The fraction of sp³-hybridized carbons (Fsp3) is 0.0909. The van der Waals surface area contributed by atoms with Crippen molar-refractivity contribution in [1.29, 1.82) is 5.26 Å². The lowest BCUT2D eigenvalue weighted by Gasteiger charge is -2.05. The molecule has 0 aromatic carbocycles. The maximum absolute atomic E-state index is 9.06. The Kier molecular flexibility index (Phi) is 2.65. The Labute approximate surface area is 87.3 Å². The molecule has 2 aromatic heterocycles. The lowest BCUT2D eigenvalue weighted by atomic mass is 10.1. The van der Waals surface area contributed by atoms with Gasteiger partial charge in [-0.1, -0.05) is 6.07 Å². The third kappa shape index (κ3) is 1.97. The predicted octanol–water partition coefficient (Wildman–Crippen LogP) is 1.53. The molecular weight excluding hydrogens is 188 g/mol. The first kappa shape index (κ1) is 9.28. The molecule has 0 radical (unpaired) electrons. The molecule has 0 saturated heterocycles. The number of nitriles is 1.